The van der Waals surface area contributed by atoms with Gasteiger partial charge in [0.2, 0.25) is 5.91 Å². The van der Waals surface area contributed by atoms with Gasteiger partial charge in [0.25, 0.3) is 0 Å². The van der Waals surface area contributed by atoms with E-state index in [0.29, 0.717) is 11.9 Å². The number of carbonyl (C=O) groups excluding carboxylic acids is 1. The van der Waals surface area contributed by atoms with E-state index in [9.17, 15) is 4.79 Å². The smallest absolute Gasteiger partial charge is 0.225 e. The summed E-state index contributed by atoms with van der Waals surface area (Å²) in [6.45, 7) is 3.78. The molecule has 25 heavy (non-hydrogen) atoms. The van der Waals surface area contributed by atoms with E-state index < -0.39 is 0 Å². The molecule has 5 nitrogen and oxygen atoms in total. The Labute approximate surface area is 149 Å². The Hall–Kier alpha value is -2.17. The van der Waals surface area contributed by atoms with Crippen LogP contribution in [0.25, 0.3) is 11.4 Å². The number of hydrogen-bond acceptors (Lipinski definition) is 3. The van der Waals surface area contributed by atoms with Crippen LogP contribution in [0.2, 0.25) is 0 Å². The van der Waals surface area contributed by atoms with Crippen molar-refractivity contribution in [3.05, 3.63) is 36.4 Å². The first-order valence-corrected chi connectivity index (χ1v) is 9.47. The molecular formula is C20H26N4O. The minimum absolute atomic E-state index is 0.260. The van der Waals surface area contributed by atoms with Gasteiger partial charge in [0.1, 0.15) is 5.82 Å². The lowest BCUT2D eigenvalue weighted by Gasteiger charge is -2.26. The lowest BCUT2D eigenvalue weighted by atomic mass is 9.88. The predicted octanol–water partition coefficient (Wildman–Crippen LogP) is 3.61. The fourth-order valence-electron chi connectivity index (χ4n) is 4.38. The topological polar surface area (TPSA) is 51.0 Å². The number of amides is 1. The maximum Gasteiger partial charge on any atom is 0.225 e. The highest BCUT2D eigenvalue weighted by atomic mass is 16.2. The summed E-state index contributed by atoms with van der Waals surface area (Å²) < 4.78 is 2.31. The van der Waals surface area contributed by atoms with Gasteiger partial charge in [-0.15, -0.1) is 0 Å². The van der Waals surface area contributed by atoms with Crippen LogP contribution in [0, 0.1) is 12.8 Å². The zero-order valence-electron chi connectivity index (χ0n) is 14.9. The summed E-state index contributed by atoms with van der Waals surface area (Å²) in [5, 5.41) is 0. The highest BCUT2D eigenvalue weighted by Gasteiger charge is 2.33. The van der Waals surface area contributed by atoms with Crippen LogP contribution in [-0.4, -0.2) is 38.4 Å². The first-order chi connectivity index (χ1) is 12.2. The maximum absolute atomic E-state index is 12.8. The normalized spacial score (nSPS) is 21.6. The van der Waals surface area contributed by atoms with Crippen LogP contribution >= 0.6 is 0 Å². The number of likely N-dealkylation sites (tertiary alicyclic amines) is 1. The molecule has 2 aliphatic rings. The Kier molecular flexibility index (Phi) is 4.55. The molecule has 0 spiro atoms. The van der Waals surface area contributed by atoms with Crippen LogP contribution in [0.4, 0.5) is 0 Å². The Morgan fingerprint density at radius 2 is 1.88 bits per heavy atom. The molecule has 1 saturated carbocycles. The minimum Gasteiger partial charge on any atom is -0.340 e. The molecule has 1 atom stereocenters. The first kappa shape index (κ1) is 16.3. The lowest BCUT2D eigenvalue weighted by Crippen LogP contribution is -2.35. The van der Waals surface area contributed by atoms with E-state index in [1.165, 1.54) is 19.3 Å². The molecule has 4 rings (SSSR count). The predicted molar refractivity (Wildman–Crippen MR) is 97.0 cm³/mol. The SMILES string of the molecule is Cc1cnc(-c2ccncc2)n1[C@H]1CCN(C(=O)C2CCCCC2)C1. The van der Waals surface area contributed by atoms with Crippen molar-refractivity contribution < 1.29 is 4.79 Å². The van der Waals surface area contributed by atoms with E-state index in [0.717, 1.165) is 49.4 Å². The second kappa shape index (κ2) is 6.98. The van der Waals surface area contributed by atoms with Gasteiger partial charge in [-0.25, -0.2) is 4.98 Å². The Morgan fingerprint density at radius 1 is 1.12 bits per heavy atom. The van der Waals surface area contributed by atoms with Gasteiger partial charge in [0.05, 0.1) is 6.04 Å². The molecule has 3 heterocycles. The van der Waals surface area contributed by atoms with E-state index in [2.05, 4.69) is 26.4 Å². The zero-order chi connectivity index (χ0) is 17.2. The molecule has 132 valence electrons. The summed E-state index contributed by atoms with van der Waals surface area (Å²) >= 11 is 0. The second-order valence-electron chi connectivity index (χ2n) is 7.39. The fraction of sp³-hybridized carbons (Fsp3) is 0.550. The third kappa shape index (κ3) is 3.20. The van der Waals surface area contributed by atoms with Gasteiger partial charge in [-0.05, 0) is 38.3 Å². The summed E-state index contributed by atoms with van der Waals surface area (Å²) in [5.41, 5.74) is 2.24. The summed E-state index contributed by atoms with van der Waals surface area (Å²) in [7, 11) is 0. The molecule has 0 aromatic carbocycles. The van der Waals surface area contributed by atoms with Gasteiger partial charge in [-0.2, -0.15) is 0 Å². The summed E-state index contributed by atoms with van der Waals surface area (Å²) in [6.07, 6.45) is 12.4. The number of rotatable bonds is 3. The van der Waals surface area contributed by atoms with E-state index in [4.69, 9.17) is 0 Å². The van der Waals surface area contributed by atoms with Crippen LogP contribution in [0.1, 0.15) is 50.3 Å². The lowest BCUT2D eigenvalue weighted by molar-refractivity contribution is -0.135. The summed E-state index contributed by atoms with van der Waals surface area (Å²) in [4.78, 5) is 23.7. The molecule has 1 aliphatic heterocycles. The zero-order valence-corrected chi connectivity index (χ0v) is 14.9. The number of carbonyl (C=O) groups is 1. The van der Waals surface area contributed by atoms with Crippen molar-refractivity contribution in [1.82, 2.24) is 19.4 Å². The molecule has 2 aromatic rings. The molecule has 0 bridgehead atoms. The summed E-state index contributed by atoms with van der Waals surface area (Å²) in [5.74, 6) is 1.62. The van der Waals surface area contributed by atoms with Crippen LogP contribution in [0.5, 0.6) is 0 Å². The molecule has 2 fully saturated rings. The number of hydrogen-bond donors (Lipinski definition) is 0. The van der Waals surface area contributed by atoms with E-state index in [-0.39, 0.29) is 5.92 Å². The van der Waals surface area contributed by atoms with Crippen molar-refractivity contribution >= 4 is 5.91 Å². The molecule has 1 saturated heterocycles. The molecule has 5 heteroatoms. The fourth-order valence-corrected chi connectivity index (χ4v) is 4.38. The highest BCUT2D eigenvalue weighted by molar-refractivity contribution is 5.79. The van der Waals surface area contributed by atoms with Crippen LogP contribution in [0.3, 0.4) is 0 Å². The van der Waals surface area contributed by atoms with Gasteiger partial charge in [0.15, 0.2) is 0 Å². The van der Waals surface area contributed by atoms with Crippen LogP contribution in [0.15, 0.2) is 30.7 Å². The third-order valence-corrected chi connectivity index (χ3v) is 5.71. The van der Waals surface area contributed by atoms with Crippen LogP contribution < -0.4 is 0 Å². The standard InChI is InChI=1S/C20H26N4O/c1-15-13-22-19(16-7-10-21-11-8-16)24(15)18-9-12-23(14-18)20(25)17-5-3-2-4-6-17/h7-8,10-11,13,17-18H,2-6,9,12,14H2,1H3/t18-/m0/s1. The van der Waals surface area contributed by atoms with Crippen molar-refractivity contribution in [3.63, 3.8) is 0 Å². The van der Waals surface area contributed by atoms with Crippen molar-refractivity contribution in [2.24, 2.45) is 5.92 Å². The van der Waals surface area contributed by atoms with Crippen molar-refractivity contribution in [1.29, 1.82) is 0 Å². The molecular weight excluding hydrogens is 312 g/mol. The summed E-state index contributed by atoms with van der Waals surface area (Å²) in [6, 6.07) is 4.31. The Balaban J connectivity index is 1.52. The van der Waals surface area contributed by atoms with Gasteiger partial charge < -0.3 is 9.47 Å². The molecule has 1 amide bonds. The number of aryl methyl sites for hydroxylation is 1. The van der Waals surface area contributed by atoms with Crippen LogP contribution in [-0.2, 0) is 4.79 Å². The maximum atomic E-state index is 12.8. The number of pyridine rings is 1. The average molecular weight is 338 g/mol. The average Bonchev–Trinajstić information content (AvgIpc) is 3.29. The largest absolute Gasteiger partial charge is 0.340 e. The quantitative estimate of drug-likeness (QED) is 0.859. The van der Waals surface area contributed by atoms with E-state index in [1.807, 2.05) is 18.3 Å². The Morgan fingerprint density at radius 3 is 2.64 bits per heavy atom. The Bertz CT molecular complexity index is 733. The van der Waals surface area contributed by atoms with E-state index >= 15 is 0 Å². The van der Waals surface area contributed by atoms with Crippen molar-refractivity contribution in [2.45, 2.75) is 51.5 Å². The monoisotopic (exact) mass is 338 g/mol. The van der Waals surface area contributed by atoms with Gasteiger partial charge >= 0.3 is 0 Å². The third-order valence-electron chi connectivity index (χ3n) is 5.71. The van der Waals surface area contributed by atoms with Crippen molar-refractivity contribution in [2.75, 3.05) is 13.1 Å². The molecule has 0 radical (unpaired) electrons. The second-order valence-corrected chi connectivity index (χ2v) is 7.39. The number of imidazole rings is 1. The first-order valence-electron chi connectivity index (χ1n) is 9.47. The number of aromatic nitrogens is 3. The van der Waals surface area contributed by atoms with Gasteiger partial charge in [-0.3, -0.25) is 9.78 Å². The minimum atomic E-state index is 0.260. The van der Waals surface area contributed by atoms with E-state index in [1.54, 1.807) is 12.4 Å². The highest BCUT2D eigenvalue weighted by Crippen LogP contribution is 2.32. The molecule has 0 N–H and O–H groups in total. The van der Waals surface area contributed by atoms with Crippen molar-refractivity contribution in [3.8, 4) is 11.4 Å². The van der Waals surface area contributed by atoms with Gasteiger partial charge in [-0.1, -0.05) is 19.3 Å². The number of nitrogens with zero attached hydrogens (tertiary/aromatic N) is 4. The van der Waals surface area contributed by atoms with Gasteiger partial charge in [0, 0.05) is 48.9 Å². The molecule has 0 unspecified atom stereocenters. The molecule has 1 aliphatic carbocycles. The molecule has 2 aromatic heterocycles.